The fraction of sp³-hybridized carbons (Fsp3) is 0.407. The number of para-hydroxylation sites is 1. The van der Waals surface area contributed by atoms with Crippen LogP contribution in [-0.4, -0.2) is 75.1 Å². The molecule has 0 spiro atoms. The monoisotopic (exact) mass is 501 g/mol. The van der Waals surface area contributed by atoms with Crippen molar-refractivity contribution in [2.45, 2.75) is 50.9 Å². The van der Waals surface area contributed by atoms with Gasteiger partial charge in [0.05, 0.1) is 11.7 Å². The molecule has 2 aromatic carbocycles. The molecule has 1 aromatic heterocycles. The summed E-state index contributed by atoms with van der Waals surface area (Å²) < 4.78 is 0. The minimum Gasteiger partial charge on any atom is -0.340 e. The zero-order valence-corrected chi connectivity index (χ0v) is 20.9. The van der Waals surface area contributed by atoms with Gasteiger partial charge in [-0.25, -0.2) is 9.59 Å². The van der Waals surface area contributed by atoms with E-state index in [4.69, 9.17) is 0 Å². The van der Waals surface area contributed by atoms with Crippen molar-refractivity contribution in [2.24, 2.45) is 0 Å². The summed E-state index contributed by atoms with van der Waals surface area (Å²) in [6.07, 6.45) is 4.46. The highest BCUT2D eigenvalue weighted by Crippen LogP contribution is 2.28. The van der Waals surface area contributed by atoms with Crippen LogP contribution in [-0.2, 0) is 24.3 Å². The lowest BCUT2D eigenvalue weighted by Gasteiger charge is -2.41. The minimum atomic E-state index is -0.576. The Morgan fingerprint density at radius 1 is 1.03 bits per heavy atom. The van der Waals surface area contributed by atoms with Gasteiger partial charge in [-0.15, -0.1) is 0 Å². The molecule has 192 valence electrons. The molecular formula is C27H31N7O3. The summed E-state index contributed by atoms with van der Waals surface area (Å²) in [5.41, 5.74) is 5.21. The third-order valence-electron chi connectivity index (χ3n) is 7.96. The molecule has 1 fully saturated rings. The molecule has 3 aromatic rings. The van der Waals surface area contributed by atoms with Crippen LogP contribution in [0.4, 0.5) is 15.3 Å². The summed E-state index contributed by atoms with van der Waals surface area (Å²) in [5, 5.41) is 14.2. The molecule has 3 aliphatic rings. The van der Waals surface area contributed by atoms with E-state index in [2.05, 4.69) is 26.9 Å². The topological polar surface area (TPSA) is 114 Å². The second-order valence-electron chi connectivity index (χ2n) is 10.2. The van der Waals surface area contributed by atoms with Crippen molar-refractivity contribution < 1.29 is 14.4 Å². The van der Waals surface area contributed by atoms with Crippen LogP contribution in [0.1, 0.15) is 36.0 Å². The van der Waals surface area contributed by atoms with Crippen LogP contribution in [0.2, 0.25) is 0 Å². The van der Waals surface area contributed by atoms with Gasteiger partial charge >= 0.3 is 12.1 Å². The standard InChI is InChI=1S/C27H31N7O3/c1-32-16-21-17(6-8-23-20(21)14-28-31-23)7-9-24(25(32)35)30-26(36)33-12-10-19(11-13-33)34-15-18-4-2-3-5-22(18)29-27(34)37/h2-6,8,14,19,24H,7,9-13,15-16H2,1H3,(H,28,31)(H,29,37)(H,30,36)/t24-/m1/s1. The summed E-state index contributed by atoms with van der Waals surface area (Å²) in [4.78, 5) is 44.4. The number of hydrogen-bond acceptors (Lipinski definition) is 4. The van der Waals surface area contributed by atoms with Gasteiger partial charge < -0.3 is 25.3 Å². The molecule has 0 radical (unpaired) electrons. The van der Waals surface area contributed by atoms with Gasteiger partial charge in [-0.1, -0.05) is 24.3 Å². The second kappa shape index (κ2) is 9.42. The molecule has 6 rings (SSSR count). The first kappa shape index (κ1) is 23.3. The maximum Gasteiger partial charge on any atom is 0.322 e. The number of anilines is 1. The number of H-pyrrole nitrogens is 1. The van der Waals surface area contributed by atoms with Crippen molar-refractivity contribution in [1.82, 2.24) is 30.2 Å². The molecule has 3 N–H and O–H groups in total. The number of nitrogens with one attached hydrogen (secondary N) is 3. The Balaban J connectivity index is 1.08. The predicted octanol–water partition coefficient (Wildman–Crippen LogP) is 3.06. The normalized spacial score (nSPS) is 20.7. The van der Waals surface area contributed by atoms with Gasteiger partial charge in [0, 0.05) is 50.3 Å². The number of aromatic nitrogens is 2. The van der Waals surface area contributed by atoms with E-state index in [0.717, 1.165) is 27.7 Å². The van der Waals surface area contributed by atoms with E-state index in [1.807, 2.05) is 41.4 Å². The zero-order chi connectivity index (χ0) is 25.5. The smallest absolute Gasteiger partial charge is 0.322 e. The largest absolute Gasteiger partial charge is 0.340 e. The Hall–Kier alpha value is -4.08. The number of nitrogens with zero attached hydrogens (tertiary/aromatic N) is 4. The number of likely N-dealkylation sites (tertiary alicyclic amines) is 1. The lowest BCUT2D eigenvalue weighted by Crippen LogP contribution is -2.55. The van der Waals surface area contributed by atoms with Gasteiger partial charge in [-0.2, -0.15) is 5.10 Å². The molecule has 1 atom stereocenters. The molecule has 0 bridgehead atoms. The van der Waals surface area contributed by atoms with Gasteiger partial charge in [-0.05, 0) is 54.5 Å². The van der Waals surface area contributed by atoms with E-state index in [-0.39, 0.29) is 24.0 Å². The van der Waals surface area contributed by atoms with Crippen molar-refractivity contribution >= 4 is 34.6 Å². The Kier molecular flexibility index (Phi) is 5.94. The minimum absolute atomic E-state index is 0.0721. The van der Waals surface area contributed by atoms with E-state index in [0.29, 0.717) is 51.9 Å². The summed E-state index contributed by atoms with van der Waals surface area (Å²) >= 11 is 0. The van der Waals surface area contributed by atoms with Crippen molar-refractivity contribution in [3.63, 3.8) is 0 Å². The Labute approximate surface area is 215 Å². The van der Waals surface area contributed by atoms with E-state index in [1.54, 1.807) is 16.8 Å². The Morgan fingerprint density at radius 3 is 2.68 bits per heavy atom. The second-order valence-corrected chi connectivity index (χ2v) is 10.2. The fourth-order valence-corrected chi connectivity index (χ4v) is 5.82. The highest BCUT2D eigenvalue weighted by Gasteiger charge is 2.34. The van der Waals surface area contributed by atoms with Gasteiger partial charge in [0.2, 0.25) is 5.91 Å². The molecule has 37 heavy (non-hydrogen) atoms. The summed E-state index contributed by atoms with van der Waals surface area (Å²) in [6.45, 7) is 2.14. The number of piperidine rings is 1. The van der Waals surface area contributed by atoms with Crippen LogP contribution in [0.3, 0.4) is 0 Å². The maximum atomic E-state index is 13.2. The molecule has 10 heteroatoms. The average molecular weight is 502 g/mol. The molecule has 0 unspecified atom stereocenters. The SMILES string of the molecule is CN1Cc2c(ccc3[nH]ncc23)CC[C@@H](NC(=O)N2CCC(N3Cc4ccccc4NC3=O)CC2)C1=O. The van der Waals surface area contributed by atoms with E-state index >= 15 is 0 Å². The Morgan fingerprint density at radius 2 is 1.84 bits per heavy atom. The molecule has 3 aliphatic heterocycles. The number of fused-ring (bicyclic) bond motifs is 4. The van der Waals surface area contributed by atoms with Crippen LogP contribution >= 0.6 is 0 Å². The molecule has 0 saturated carbocycles. The number of rotatable bonds is 2. The van der Waals surface area contributed by atoms with Crippen LogP contribution < -0.4 is 10.6 Å². The first-order valence-electron chi connectivity index (χ1n) is 12.9. The van der Waals surface area contributed by atoms with Crippen molar-refractivity contribution in [2.75, 3.05) is 25.5 Å². The quantitative estimate of drug-likeness (QED) is 0.501. The molecular weight excluding hydrogens is 470 g/mol. The molecule has 5 amide bonds. The number of carbonyl (C=O) groups is 3. The number of carbonyl (C=O) groups excluding carboxylic acids is 3. The highest BCUT2D eigenvalue weighted by molar-refractivity contribution is 5.92. The van der Waals surface area contributed by atoms with Crippen LogP contribution in [0.15, 0.2) is 42.6 Å². The number of likely N-dealkylation sites (N-methyl/N-ethyl adjacent to an activating group) is 1. The van der Waals surface area contributed by atoms with Gasteiger partial charge in [0.1, 0.15) is 6.04 Å². The van der Waals surface area contributed by atoms with Crippen molar-refractivity contribution in [1.29, 1.82) is 0 Å². The summed E-state index contributed by atoms with van der Waals surface area (Å²) in [7, 11) is 1.78. The molecule has 0 aliphatic carbocycles. The number of urea groups is 2. The van der Waals surface area contributed by atoms with E-state index < -0.39 is 6.04 Å². The van der Waals surface area contributed by atoms with E-state index in [1.165, 1.54) is 5.56 Å². The maximum absolute atomic E-state index is 13.2. The first-order valence-corrected chi connectivity index (χ1v) is 12.9. The number of benzene rings is 2. The van der Waals surface area contributed by atoms with Crippen LogP contribution in [0.25, 0.3) is 10.9 Å². The predicted molar refractivity (Wildman–Crippen MR) is 139 cm³/mol. The lowest BCUT2D eigenvalue weighted by atomic mass is 9.94. The first-order chi connectivity index (χ1) is 18.0. The van der Waals surface area contributed by atoms with Crippen molar-refractivity contribution in [3.8, 4) is 0 Å². The van der Waals surface area contributed by atoms with Gasteiger partial charge in [0.15, 0.2) is 0 Å². The number of amides is 5. The average Bonchev–Trinajstić information content (AvgIpc) is 3.39. The van der Waals surface area contributed by atoms with E-state index in [9.17, 15) is 14.4 Å². The number of aryl methyl sites for hydroxylation is 1. The molecule has 4 heterocycles. The summed E-state index contributed by atoms with van der Waals surface area (Å²) in [6, 6.07) is 11.1. The number of hydrogen-bond donors (Lipinski definition) is 3. The van der Waals surface area contributed by atoms with Crippen molar-refractivity contribution in [3.05, 3.63) is 59.3 Å². The third-order valence-corrected chi connectivity index (χ3v) is 7.96. The van der Waals surface area contributed by atoms with Crippen LogP contribution in [0.5, 0.6) is 0 Å². The Bertz CT molecular complexity index is 1360. The third kappa shape index (κ3) is 4.36. The lowest BCUT2D eigenvalue weighted by molar-refractivity contribution is -0.132. The summed E-state index contributed by atoms with van der Waals surface area (Å²) in [5.74, 6) is -0.0852. The highest BCUT2D eigenvalue weighted by atomic mass is 16.2. The zero-order valence-electron chi connectivity index (χ0n) is 20.9. The number of aromatic amines is 1. The fourth-order valence-electron chi connectivity index (χ4n) is 5.82. The molecule has 1 saturated heterocycles. The van der Waals surface area contributed by atoms with Gasteiger partial charge in [-0.3, -0.25) is 9.89 Å². The van der Waals surface area contributed by atoms with Gasteiger partial charge in [0.25, 0.3) is 0 Å². The van der Waals surface area contributed by atoms with Crippen LogP contribution in [0, 0.1) is 0 Å². The molecule has 10 nitrogen and oxygen atoms in total.